The van der Waals surface area contributed by atoms with Gasteiger partial charge in [0.25, 0.3) is 0 Å². The van der Waals surface area contributed by atoms with E-state index in [2.05, 4.69) is 17.2 Å². The maximum atomic E-state index is 12.8. The summed E-state index contributed by atoms with van der Waals surface area (Å²) in [5.74, 6) is 0. The Hall–Kier alpha value is -2.47. The predicted octanol–water partition coefficient (Wildman–Crippen LogP) is 3.28. The second-order valence-electron chi connectivity index (χ2n) is 5.73. The summed E-state index contributed by atoms with van der Waals surface area (Å²) in [4.78, 5) is 0.226. The number of rotatable bonds is 4. The first-order valence-electron chi connectivity index (χ1n) is 7.77. The largest absolute Gasteiger partial charge is 0.227 e. The third-order valence-corrected chi connectivity index (χ3v) is 5.81. The van der Waals surface area contributed by atoms with Crippen LogP contribution in [0.1, 0.15) is 23.7 Å². The molecule has 1 aromatic heterocycles. The second-order valence-corrected chi connectivity index (χ2v) is 7.59. The van der Waals surface area contributed by atoms with Gasteiger partial charge in [0.1, 0.15) is 0 Å². The Morgan fingerprint density at radius 1 is 0.958 bits per heavy atom. The van der Waals surface area contributed by atoms with Crippen LogP contribution in [0.3, 0.4) is 0 Å². The molecule has 0 amide bonds. The molecule has 0 spiro atoms. The summed E-state index contributed by atoms with van der Waals surface area (Å²) in [6.45, 7) is 5.72. The molecule has 0 unspecified atom stereocenters. The van der Waals surface area contributed by atoms with Gasteiger partial charge in [-0.3, -0.25) is 0 Å². The van der Waals surface area contributed by atoms with Crippen molar-refractivity contribution in [3.63, 3.8) is 0 Å². The van der Waals surface area contributed by atoms with Crippen molar-refractivity contribution >= 4 is 9.84 Å². The number of hydrogen-bond acceptors (Lipinski definition) is 4. The molecule has 2 aromatic carbocycles. The fraction of sp³-hybridized carbons (Fsp3) is 0.222. The molecule has 0 aliphatic rings. The van der Waals surface area contributed by atoms with Gasteiger partial charge in [-0.05, 0) is 50.1 Å². The second kappa shape index (κ2) is 6.20. The molecular formula is C18H19N3O2S. The van der Waals surface area contributed by atoms with Gasteiger partial charge in [-0.1, -0.05) is 42.0 Å². The molecule has 0 aliphatic carbocycles. The summed E-state index contributed by atoms with van der Waals surface area (Å²) >= 11 is 0. The molecule has 124 valence electrons. The van der Waals surface area contributed by atoms with Crippen molar-refractivity contribution < 1.29 is 8.42 Å². The van der Waals surface area contributed by atoms with Gasteiger partial charge < -0.3 is 0 Å². The predicted molar refractivity (Wildman–Crippen MR) is 92.1 cm³/mol. The Labute approximate surface area is 141 Å². The zero-order chi connectivity index (χ0) is 17.3. The third-order valence-electron chi connectivity index (χ3n) is 4.03. The molecule has 24 heavy (non-hydrogen) atoms. The van der Waals surface area contributed by atoms with Crippen LogP contribution in [0.5, 0.6) is 0 Å². The number of aromatic nitrogens is 3. The maximum absolute atomic E-state index is 12.8. The van der Waals surface area contributed by atoms with E-state index in [0.29, 0.717) is 5.69 Å². The Kier molecular flexibility index (Phi) is 4.24. The first kappa shape index (κ1) is 16.4. The number of benzene rings is 2. The highest BCUT2D eigenvalue weighted by molar-refractivity contribution is 7.91. The van der Waals surface area contributed by atoms with E-state index in [4.69, 9.17) is 0 Å². The van der Waals surface area contributed by atoms with Gasteiger partial charge in [0.05, 0.1) is 16.3 Å². The Bertz CT molecular complexity index is 957. The lowest BCUT2D eigenvalue weighted by Gasteiger charge is -2.06. The normalized spacial score (nSPS) is 11.6. The highest BCUT2D eigenvalue weighted by Gasteiger charge is 2.25. The molecule has 0 saturated heterocycles. The van der Waals surface area contributed by atoms with Gasteiger partial charge in [-0.2, -0.15) is 0 Å². The Morgan fingerprint density at radius 2 is 1.58 bits per heavy atom. The highest BCUT2D eigenvalue weighted by Crippen LogP contribution is 2.23. The lowest BCUT2D eigenvalue weighted by atomic mass is 10.1. The van der Waals surface area contributed by atoms with E-state index < -0.39 is 9.84 Å². The van der Waals surface area contributed by atoms with E-state index in [0.717, 1.165) is 17.7 Å². The zero-order valence-corrected chi connectivity index (χ0v) is 14.7. The molecule has 3 aromatic rings. The van der Waals surface area contributed by atoms with Crippen LogP contribution in [-0.2, 0) is 16.3 Å². The van der Waals surface area contributed by atoms with Crippen molar-refractivity contribution in [1.82, 2.24) is 15.0 Å². The summed E-state index contributed by atoms with van der Waals surface area (Å²) < 4.78 is 27.1. The highest BCUT2D eigenvalue weighted by atomic mass is 32.2. The average Bonchev–Trinajstić information content (AvgIpc) is 2.97. The molecule has 0 saturated carbocycles. The first-order chi connectivity index (χ1) is 11.4. The average molecular weight is 341 g/mol. The van der Waals surface area contributed by atoms with Crippen molar-refractivity contribution in [2.75, 3.05) is 0 Å². The van der Waals surface area contributed by atoms with Crippen LogP contribution in [0, 0.1) is 13.8 Å². The van der Waals surface area contributed by atoms with Gasteiger partial charge in [-0.15, -0.1) is 5.10 Å². The van der Waals surface area contributed by atoms with Crippen LogP contribution in [0.2, 0.25) is 0 Å². The SMILES string of the molecule is CCc1ccc(-n2nnc(S(=O)(=O)c3ccc(C)cc3)c2C)cc1. The molecule has 0 fully saturated rings. The molecular weight excluding hydrogens is 322 g/mol. The Balaban J connectivity index is 2.04. The quantitative estimate of drug-likeness (QED) is 0.730. The van der Waals surface area contributed by atoms with Crippen molar-refractivity contribution in [1.29, 1.82) is 0 Å². The van der Waals surface area contributed by atoms with E-state index in [1.165, 1.54) is 5.56 Å². The zero-order valence-electron chi connectivity index (χ0n) is 13.9. The van der Waals surface area contributed by atoms with Crippen molar-refractivity contribution in [2.24, 2.45) is 0 Å². The van der Waals surface area contributed by atoms with Gasteiger partial charge in [0, 0.05) is 0 Å². The lowest BCUT2D eigenvalue weighted by Crippen LogP contribution is -2.05. The molecule has 0 bridgehead atoms. The summed E-state index contributed by atoms with van der Waals surface area (Å²) in [6, 6.07) is 14.6. The number of nitrogens with zero attached hydrogens (tertiary/aromatic N) is 3. The minimum absolute atomic E-state index is 0.00841. The molecule has 6 heteroatoms. The monoisotopic (exact) mass is 341 g/mol. The minimum Gasteiger partial charge on any atom is -0.217 e. The van der Waals surface area contributed by atoms with E-state index in [-0.39, 0.29) is 9.92 Å². The number of sulfone groups is 1. The fourth-order valence-corrected chi connectivity index (χ4v) is 3.85. The first-order valence-corrected chi connectivity index (χ1v) is 9.25. The van der Waals surface area contributed by atoms with Crippen LogP contribution >= 0.6 is 0 Å². The third kappa shape index (κ3) is 2.85. The lowest BCUT2D eigenvalue weighted by molar-refractivity contribution is 0.591. The van der Waals surface area contributed by atoms with Gasteiger partial charge in [-0.25, -0.2) is 13.1 Å². The Morgan fingerprint density at radius 3 is 2.17 bits per heavy atom. The van der Waals surface area contributed by atoms with Crippen molar-refractivity contribution in [3.05, 3.63) is 65.4 Å². The number of hydrogen-bond donors (Lipinski definition) is 0. The van der Waals surface area contributed by atoms with Crippen LogP contribution in [-0.4, -0.2) is 23.4 Å². The molecule has 0 radical (unpaired) electrons. The number of aryl methyl sites for hydroxylation is 2. The van der Waals surface area contributed by atoms with Crippen LogP contribution in [0.15, 0.2) is 58.5 Å². The topological polar surface area (TPSA) is 64.8 Å². The van der Waals surface area contributed by atoms with Crippen molar-refractivity contribution in [3.8, 4) is 5.69 Å². The molecule has 1 heterocycles. The molecule has 0 N–H and O–H groups in total. The van der Waals surface area contributed by atoms with Crippen LogP contribution in [0.25, 0.3) is 5.69 Å². The van der Waals surface area contributed by atoms with Crippen LogP contribution in [0.4, 0.5) is 0 Å². The van der Waals surface area contributed by atoms with Gasteiger partial charge in [0.2, 0.25) is 14.9 Å². The van der Waals surface area contributed by atoms with E-state index in [9.17, 15) is 8.42 Å². The van der Waals surface area contributed by atoms with Crippen LogP contribution < -0.4 is 0 Å². The fourth-order valence-electron chi connectivity index (χ4n) is 2.51. The summed E-state index contributed by atoms with van der Waals surface area (Å²) in [5, 5.41) is 7.96. The summed E-state index contributed by atoms with van der Waals surface area (Å²) in [5.41, 5.74) is 3.51. The van der Waals surface area contributed by atoms with E-state index in [1.807, 2.05) is 31.2 Å². The standard InChI is InChI=1S/C18H19N3O2S/c1-4-15-7-9-16(10-8-15)21-14(3)18(19-20-21)24(22,23)17-11-5-13(2)6-12-17/h5-12H,4H2,1-3H3. The van der Waals surface area contributed by atoms with Crippen molar-refractivity contribution in [2.45, 2.75) is 37.1 Å². The van der Waals surface area contributed by atoms with E-state index in [1.54, 1.807) is 35.9 Å². The molecule has 0 atom stereocenters. The molecule has 5 nitrogen and oxygen atoms in total. The summed E-state index contributed by atoms with van der Waals surface area (Å²) in [7, 11) is -3.68. The van der Waals surface area contributed by atoms with E-state index >= 15 is 0 Å². The smallest absolute Gasteiger partial charge is 0.217 e. The maximum Gasteiger partial charge on any atom is 0.227 e. The van der Waals surface area contributed by atoms with Gasteiger partial charge in [0.15, 0.2) is 0 Å². The summed E-state index contributed by atoms with van der Waals surface area (Å²) in [6.07, 6.45) is 0.948. The molecule has 3 rings (SSSR count). The van der Waals surface area contributed by atoms with Gasteiger partial charge >= 0.3 is 0 Å². The minimum atomic E-state index is -3.68. The molecule has 0 aliphatic heterocycles.